The first-order valence-corrected chi connectivity index (χ1v) is 8.65. The summed E-state index contributed by atoms with van der Waals surface area (Å²) in [6.07, 6.45) is 0.920. The van der Waals surface area contributed by atoms with Crippen LogP contribution in [0.25, 0.3) is 0 Å². The second-order valence-corrected chi connectivity index (χ2v) is 6.15. The number of methoxy groups -OCH3 is 1. The van der Waals surface area contributed by atoms with E-state index in [2.05, 4.69) is 37.1 Å². The molecule has 0 saturated heterocycles. The molecule has 1 aromatic rings. The summed E-state index contributed by atoms with van der Waals surface area (Å²) in [7, 11) is 1.63. The summed E-state index contributed by atoms with van der Waals surface area (Å²) in [6, 6.07) is 7.36. The van der Waals surface area contributed by atoms with Gasteiger partial charge in [0, 0.05) is 24.9 Å². The van der Waals surface area contributed by atoms with E-state index in [0.717, 1.165) is 17.7 Å². The number of amides is 1. The molecule has 0 aliphatic carbocycles. The molecule has 0 radical (unpaired) electrons. The van der Waals surface area contributed by atoms with Crippen molar-refractivity contribution in [3.05, 3.63) is 29.8 Å². The van der Waals surface area contributed by atoms with E-state index in [1.807, 2.05) is 24.3 Å². The third-order valence-electron chi connectivity index (χ3n) is 3.96. The number of hydrogen-bond donors (Lipinski definition) is 4. The molecule has 0 heterocycles. The molecule has 1 rings (SSSR count). The van der Waals surface area contributed by atoms with Gasteiger partial charge in [0.2, 0.25) is 5.91 Å². The van der Waals surface area contributed by atoms with Gasteiger partial charge in [0.25, 0.3) is 0 Å². The number of thiol groups is 1. The van der Waals surface area contributed by atoms with Crippen LogP contribution < -0.4 is 21.1 Å². The smallest absolute Gasteiger partial charge is 0.237 e. The van der Waals surface area contributed by atoms with Crippen LogP contribution in [-0.4, -0.2) is 37.4 Å². The van der Waals surface area contributed by atoms with Crippen LogP contribution in [0.15, 0.2) is 24.3 Å². The summed E-state index contributed by atoms with van der Waals surface area (Å²) in [5.41, 5.74) is 6.91. The number of carbonyl (C=O) groups is 1. The average molecular weight is 340 g/mol. The summed E-state index contributed by atoms with van der Waals surface area (Å²) in [4.78, 5) is 12.5. The van der Waals surface area contributed by atoms with Crippen molar-refractivity contribution in [3.8, 4) is 5.75 Å². The lowest BCUT2D eigenvalue weighted by molar-refractivity contribution is -0.124. The lowest BCUT2D eigenvalue weighted by Gasteiger charge is -2.25. The van der Waals surface area contributed by atoms with Gasteiger partial charge < -0.3 is 21.1 Å². The van der Waals surface area contributed by atoms with Crippen LogP contribution in [0, 0.1) is 5.92 Å². The first-order chi connectivity index (χ1) is 11.0. The molecule has 5 nitrogen and oxygen atoms in total. The van der Waals surface area contributed by atoms with Gasteiger partial charge in [-0.15, -0.1) is 0 Å². The molecule has 4 N–H and O–H groups in total. The highest BCUT2D eigenvalue weighted by Crippen LogP contribution is 2.12. The minimum Gasteiger partial charge on any atom is -0.497 e. The van der Waals surface area contributed by atoms with Crippen LogP contribution in [-0.2, 0) is 11.3 Å². The fourth-order valence-electron chi connectivity index (χ4n) is 2.17. The minimum atomic E-state index is -0.246. The van der Waals surface area contributed by atoms with Gasteiger partial charge in [-0.2, -0.15) is 12.6 Å². The standard InChI is InChI=1S/C17H29N3O2S/c1-4-12(2)16(19-10-14(18)11-23)17(21)20-9-13-5-7-15(22-3)8-6-13/h5-8,12,14,16,19,23H,4,9-11,18H2,1-3H3,(H,20,21)/t12?,14?,16-/m0/s1. The van der Waals surface area contributed by atoms with Crippen molar-refractivity contribution in [2.24, 2.45) is 11.7 Å². The lowest BCUT2D eigenvalue weighted by atomic mass is 9.98. The predicted octanol–water partition coefficient (Wildman–Crippen LogP) is 1.57. The maximum Gasteiger partial charge on any atom is 0.237 e. The highest BCUT2D eigenvalue weighted by atomic mass is 32.1. The van der Waals surface area contributed by atoms with E-state index in [9.17, 15) is 4.79 Å². The molecule has 2 unspecified atom stereocenters. The molecular weight excluding hydrogens is 310 g/mol. The molecule has 1 aromatic carbocycles. The van der Waals surface area contributed by atoms with Gasteiger partial charge in [-0.05, 0) is 23.6 Å². The van der Waals surface area contributed by atoms with Gasteiger partial charge in [0.1, 0.15) is 5.75 Å². The molecule has 23 heavy (non-hydrogen) atoms. The van der Waals surface area contributed by atoms with Crippen molar-refractivity contribution in [1.29, 1.82) is 0 Å². The predicted molar refractivity (Wildman–Crippen MR) is 97.9 cm³/mol. The maximum atomic E-state index is 12.5. The van der Waals surface area contributed by atoms with E-state index in [0.29, 0.717) is 18.8 Å². The fraction of sp³-hybridized carbons (Fsp3) is 0.588. The van der Waals surface area contributed by atoms with E-state index in [1.54, 1.807) is 7.11 Å². The zero-order valence-corrected chi connectivity index (χ0v) is 15.1. The minimum absolute atomic E-state index is 0.00142. The second-order valence-electron chi connectivity index (χ2n) is 5.78. The molecule has 0 aliphatic heterocycles. The maximum absolute atomic E-state index is 12.5. The topological polar surface area (TPSA) is 76.4 Å². The Labute approximate surface area is 144 Å². The number of nitrogens with one attached hydrogen (secondary N) is 2. The second kappa shape index (κ2) is 10.5. The van der Waals surface area contributed by atoms with Gasteiger partial charge in [0.15, 0.2) is 0 Å². The molecule has 3 atom stereocenters. The van der Waals surface area contributed by atoms with Crippen molar-refractivity contribution in [2.75, 3.05) is 19.4 Å². The Balaban J connectivity index is 2.57. The molecule has 0 fully saturated rings. The Hall–Kier alpha value is -1.24. The van der Waals surface area contributed by atoms with Gasteiger partial charge in [0.05, 0.1) is 13.2 Å². The number of benzene rings is 1. The van der Waals surface area contributed by atoms with E-state index in [4.69, 9.17) is 10.5 Å². The molecule has 0 saturated carbocycles. The highest BCUT2D eigenvalue weighted by molar-refractivity contribution is 7.80. The lowest BCUT2D eigenvalue weighted by Crippen LogP contribution is -2.51. The highest BCUT2D eigenvalue weighted by Gasteiger charge is 2.23. The normalized spacial score (nSPS) is 14.8. The van der Waals surface area contributed by atoms with Crippen molar-refractivity contribution in [3.63, 3.8) is 0 Å². The number of nitrogens with two attached hydrogens (primary N) is 1. The number of rotatable bonds is 10. The van der Waals surface area contributed by atoms with Crippen molar-refractivity contribution >= 4 is 18.5 Å². The summed E-state index contributed by atoms with van der Waals surface area (Å²) in [6.45, 7) is 5.22. The molecule has 6 heteroatoms. The average Bonchev–Trinajstić information content (AvgIpc) is 2.59. The van der Waals surface area contributed by atoms with Crippen molar-refractivity contribution in [1.82, 2.24) is 10.6 Å². The zero-order chi connectivity index (χ0) is 17.2. The molecule has 0 bridgehead atoms. The number of carbonyl (C=O) groups excluding carboxylic acids is 1. The molecular formula is C17H29N3O2S. The van der Waals surface area contributed by atoms with Crippen molar-refractivity contribution in [2.45, 2.75) is 38.9 Å². The summed E-state index contributed by atoms with van der Waals surface area (Å²) in [5, 5.41) is 6.26. The molecule has 130 valence electrons. The Morgan fingerprint density at radius 1 is 1.35 bits per heavy atom. The molecule has 0 aliphatic rings. The zero-order valence-electron chi connectivity index (χ0n) is 14.2. The SMILES string of the molecule is CCC(C)[C@H](NCC(N)CS)C(=O)NCc1ccc(OC)cc1. The monoisotopic (exact) mass is 339 g/mol. The van der Waals surface area contributed by atoms with E-state index in [-0.39, 0.29) is 23.9 Å². The first-order valence-electron chi connectivity index (χ1n) is 8.02. The summed E-state index contributed by atoms with van der Waals surface area (Å²) in [5.74, 6) is 1.63. The fourth-order valence-corrected chi connectivity index (χ4v) is 2.30. The van der Waals surface area contributed by atoms with Crippen LogP contribution in [0.5, 0.6) is 5.75 Å². The van der Waals surface area contributed by atoms with Crippen LogP contribution in [0.1, 0.15) is 25.8 Å². The Morgan fingerprint density at radius 2 is 2.00 bits per heavy atom. The third-order valence-corrected chi connectivity index (χ3v) is 4.42. The Kier molecular flexibility index (Phi) is 9.06. The van der Waals surface area contributed by atoms with E-state index >= 15 is 0 Å². The first kappa shape index (κ1) is 19.8. The molecule has 1 amide bonds. The van der Waals surface area contributed by atoms with E-state index < -0.39 is 0 Å². The molecule has 0 spiro atoms. The number of hydrogen-bond acceptors (Lipinski definition) is 5. The summed E-state index contributed by atoms with van der Waals surface area (Å²) >= 11 is 4.17. The number of ether oxygens (including phenoxy) is 1. The largest absolute Gasteiger partial charge is 0.497 e. The van der Waals surface area contributed by atoms with Gasteiger partial charge in [-0.1, -0.05) is 32.4 Å². The van der Waals surface area contributed by atoms with Crippen LogP contribution in [0.4, 0.5) is 0 Å². The third kappa shape index (κ3) is 6.81. The molecule has 0 aromatic heterocycles. The van der Waals surface area contributed by atoms with Crippen LogP contribution in [0.3, 0.4) is 0 Å². The van der Waals surface area contributed by atoms with Gasteiger partial charge >= 0.3 is 0 Å². The van der Waals surface area contributed by atoms with Gasteiger partial charge in [-0.3, -0.25) is 4.79 Å². The van der Waals surface area contributed by atoms with Gasteiger partial charge in [-0.25, -0.2) is 0 Å². The van der Waals surface area contributed by atoms with Crippen molar-refractivity contribution < 1.29 is 9.53 Å². The quantitative estimate of drug-likeness (QED) is 0.488. The summed E-state index contributed by atoms with van der Waals surface area (Å²) < 4.78 is 5.13. The Bertz CT molecular complexity index is 467. The Morgan fingerprint density at radius 3 is 2.52 bits per heavy atom. The van der Waals surface area contributed by atoms with Crippen LogP contribution >= 0.6 is 12.6 Å². The van der Waals surface area contributed by atoms with E-state index in [1.165, 1.54) is 0 Å². The van der Waals surface area contributed by atoms with Crippen LogP contribution in [0.2, 0.25) is 0 Å².